The van der Waals surface area contributed by atoms with Crippen LogP contribution in [-0.4, -0.2) is 10.9 Å². The highest BCUT2D eigenvalue weighted by Crippen LogP contribution is 2.17. The fourth-order valence-electron chi connectivity index (χ4n) is 0.645. The van der Waals surface area contributed by atoms with E-state index >= 15 is 0 Å². The highest BCUT2D eigenvalue weighted by Gasteiger charge is 2.00. The minimum Gasteiger partial charge on any atom is -0.316 e. The molecule has 0 unspecified atom stereocenters. The molecule has 0 fully saturated rings. The first-order chi connectivity index (χ1) is 5.22. The number of carbonyl (C=O) groups excluding carboxylic acids is 1. The highest BCUT2D eigenvalue weighted by molar-refractivity contribution is 7.15. The summed E-state index contributed by atoms with van der Waals surface area (Å²) in [6.45, 7) is 3.73. The number of hydrogen-bond acceptors (Lipinski definition) is 3. The number of hydrogen-bond donors (Lipinski definition) is 1. The standard InChI is InChI=1S/C7H10N2OS/c1-3-6(10)9-7-4-8-5(2)11-7/h4H,3H2,1-2H3,(H,9,10). The van der Waals surface area contributed by atoms with E-state index in [0.717, 1.165) is 10.0 Å². The zero-order chi connectivity index (χ0) is 8.27. The van der Waals surface area contributed by atoms with E-state index in [1.165, 1.54) is 11.3 Å². The number of nitrogens with zero attached hydrogens (tertiary/aromatic N) is 1. The zero-order valence-corrected chi connectivity index (χ0v) is 7.36. The van der Waals surface area contributed by atoms with Crippen LogP contribution < -0.4 is 5.32 Å². The van der Waals surface area contributed by atoms with Crippen molar-refractivity contribution in [3.8, 4) is 0 Å². The lowest BCUT2D eigenvalue weighted by Gasteiger charge is -1.95. The summed E-state index contributed by atoms with van der Waals surface area (Å²) in [5.74, 6) is 0.0358. The molecule has 4 heteroatoms. The van der Waals surface area contributed by atoms with E-state index in [4.69, 9.17) is 0 Å². The molecule has 0 spiro atoms. The maximum atomic E-state index is 10.9. The van der Waals surface area contributed by atoms with Gasteiger partial charge in [0.15, 0.2) is 0 Å². The van der Waals surface area contributed by atoms with E-state index in [1.54, 1.807) is 6.20 Å². The number of carbonyl (C=O) groups is 1. The van der Waals surface area contributed by atoms with Gasteiger partial charge in [-0.3, -0.25) is 4.79 Å². The second-order valence-electron chi connectivity index (χ2n) is 2.15. The number of thiazole rings is 1. The number of aryl methyl sites for hydroxylation is 1. The van der Waals surface area contributed by atoms with Crippen molar-refractivity contribution in [3.63, 3.8) is 0 Å². The molecule has 3 nitrogen and oxygen atoms in total. The van der Waals surface area contributed by atoms with Crippen LogP contribution in [0.1, 0.15) is 18.4 Å². The molecule has 11 heavy (non-hydrogen) atoms. The largest absolute Gasteiger partial charge is 0.316 e. The van der Waals surface area contributed by atoms with Gasteiger partial charge in [0, 0.05) is 6.42 Å². The summed E-state index contributed by atoms with van der Waals surface area (Å²) in [4.78, 5) is 14.9. The molecule has 0 aliphatic carbocycles. The summed E-state index contributed by atoms with van der Waals surface area (Å²) in [6.07, 6.45) is 2.19. The van der Waals surface area contributed by atoms with Crippen LogP contribution in [0.5, 0.6) is 0 Å². The van der Waals surface area contributed by atoms with Gasteiger partial charge in [-0.15, -0.1) is 11.3 Å². The fraction of sp³-hybridized carbons (Fsp3) is 0.429. The normalized spacial score (nSPS) is 9.64. The molecular weight excluding hydrogens is 160 g/mol. The molecule has 0 saturated carbocycles. The molecule has 60 valence electrons. The van der Waals surface area contributed by atoms with Gasteiger partial charge >= 0.3 is 0 Å². The zero-order valence-electron chi connectivity index (χ0n) is 6.55. The first-order valence-corrected chi connectivity index (χ1v) is 4.26. The first-order valence-electron chi connectivity index (χ1n) is 3.44. The Bertz CT molecular complexity index is 257. The Morgan fingerprint density at radius 2 is 2.55 bits per heavy atom. The van der Waals surface area contributed by atoms with Gasteiger partial charge in [0.1, 0.15) is 5.00 Å². The maximum Gasteiger partial charge on any atom is 0.224 e. The van der Waals surface area contributed by atoms with Gasteiger partial charge in [0.05, 0.1) is 11.2 Å². The van der Waals surface area contributed by atoms with Crippen molar-refractivity contribution in [2.75, 3.05) is 5.32 Å². The number of amides is 1. The molecule has 0 atom stereocenters. The quantitative estimate of drug-likeness (QED) is 0.735. The van der Waals surface area contributed by atoms with Crippen LogP contribution >= 0.6 is 11.3 Å². The van der Waals surface area contributed by atoms with Crippen molar-refractivity contribution in [2.45, 2.75) is 20.3 Å². The summed E-state index contributed by atoms with van der Waals surface area (Å²) in [5, 5.41) is 4.53. The topological polar surface area (TPSA) is 42.0 Å². The van der Waals surface area contributed by atoms with Crippen molar-refractivity contribution >= 4 is 22.2 Å². The van der Waals surface area contributed by atoms with Crippen LogP contribution in [0, 0.1) is 6.92 Å². The van der Waals surface area contributed by atoms with Crippen molar-refractivity contribution in [1.82, 2.24) is 4.98 Å². The van der Waals surface area contributed by atoms with Gasteiger partial charge in [0.25, 0.3) is 0 Å². The van der Waals surface area contributed by atoms with Crippen molar-refractivity contribution in [3.05, 3.63) is 11.2 Å². The van der Waals surface area contributed by atoms with E-state index < -0.39 is 0 Å². The molecule has 0 saturated heterocycles. The molecule has 0 aromatic carbocycles. The second-order valence-corrected chi connectivity index (χ2v) is 3.38. The summed E-state index contributed by atoms with van der Waals surface area (Å²) in [5.41, 5.74) is 0. The van der Waals surface area contributed by atoms with E-state index in [0.29, 0.717) is 6.42 Å². The Hall–Kier alpha value is -0.900. The van der Waals surface area contributed by atoms with Crippen molar-refractivity contribution < 1.29 is 4.79 Å². The Morgan fingerprint density at radius 3 is 3.00 bits per heavy atom. The van der Waals surface area contributed by atoms with Gasteiger partial charge in [-0.25, -0.2) is 4.98 Å². The van der Waals surface area contributed by atoms with Crippen LogP contribution in [0.3, 0.4) is 0 Å². The summed E-state index contributed by atoms with van der Waals surface area (Å²) >= 11 is 1.49. The van der Waals surface area contributed by atoms with Gasteiger partial charge in [-0.05, 0) is 6.92 Å². The Morgan fingerprint density at radius 1 is 1.82 bits per heavy atom. The number of rotatable bonds is 2. The fourth-order valence-corrected chi connectivity index (χ4v) is 1.34. The summed E-state index contributed by atoms with van der Waals surface area (Å²) in [6, 6.07) is 0. The molecule has 1 amide bonds. The third kappa shape index (κ3) is 2.31. The molecule has 1 N–H and O–H groups in total. The molecule has 1 heterocycles. The van der Waals surface area contributed by atoms with Gasteiger partial charge < -0.3 is 5.32 Å². The van der Waals surface area contributed by atoms with Crippen LogP contribution in [-0.2, 0) is 4.79 Å². The Kier molecular flexibility index (Phi) is 2.59. The average Bonchev–Trinajstić information content (AvgIpc) is 2.35. The molecule has 1 aromatic heterocycles. The lowest BCUT2D eigenvalue weighted by molar-refractivity contribution is -0.115. The molecule has 0 aliphatic rings. The minimum absolute atomic E-state index is 0.0358. The lowest BCUT2D eigenvalue weighted by Crippen LogP contribution is -2.07. The van der Waals surface area contributed by atoms with Crippen LogP contribution in [0.2, 0.25) is 0 Å². The third-order valence-electron chi connectivity index (χ3n) is 1.21. The van der Waals surface area contributed by atoms with Crippen molar-refractivity contribution in [1.29, 1.82) is 0 Å². The average molecular weight is 170 g/mol. The number of anilines is 1. The third-order valence-corrected chi connectivity index (χ3v) is 2.03. The van der Waals surface area contributed by atoms with Gasteiger partial charge in [-0.1, -0.05) is 6.92 Å². The number of aromatic nitrogens is 1. The molecule has 0 radical (unpaired) electrons. The van der Waals surface area contributed by atoms with E-state index in [-0.39, 0.29) is 5.91 Å². The van der Waals surface area contributed by atoms with Crippen LogP contribution in [0.4, 0.5) is 5.00 Å². The first kappa shape index (κ1) is 8.20. The molecule has 0 bridgehead atoms. The summed E-state index contributed by atoms with van der Waals surface area (Å²) in [7, 11) is 0. The van der Waals surface area contributed by atoms with Crippen molar-refractivity contribution in [2.24, 2.45) is 0 Å². The molecular formula is C7H10N2OS. The van der Waals surface area contributed by atoms with E-state index in [1.807, 2.05) is 13.8 Å². The van der Waals surface area contributed by atoms with E-state index in [2.05, 4.69) is 10.3 Å². The highest BCUT2D eigenvalue weighted by atomic mass is 32.1. The molecule has 0 aliphatic heterocycles. The smallest absolute Gasteiger partial charge is 0.224 e. The monoisotopic (exact) mass is 170 g/mol. The Labute approximate surface area is 69.5 Å². The van der Waals surface area contributed by atoms with Gasteiger partial charge in [-0.2, -0.15) is 0 Å². The summed E-state index contributed by atoms with van der Waals surface area (Å²) < 4.78 is 0. The SMILES string of the molecule is CCC(=O)Nc1cnc(C)s1. The van der Waals surface area contributed by atoms with Crippen LogP contribution in [0.15, 0.2) is 6.20 Å². The van der Waals surface area contributed by atoms with Crippen LogP contribution in [0.25, 0.3) is 0 Å². The molecule has 1 aromatic rings. The predicted molar refractivity (Wildman–Crippen MR) is 45.8 cm³/mol. The Balaban J connectivity index is 2.57. The predicted octanol–water partition coefficient (Wildman–Crippen LogP) is 1.80. The lowest BCUT2D eigenvalue weighted by atomic mass is 10.5. The maximum absolute atomic E-state index is 10.9. The van der Waals surface area contributed by atoms with Gasteiger partial charge in [0.2, 0.25) is 5.91 Å². The minimum atomic E-state index is 0.0358. The number of nitrogens with one attached hydrogen (secondary N) is 1. The second kappa shape index (κ2) is 3.48. The molecule has 1 rings (SSSR count). The van der Waals surface area contributed by atoms with E-state index in [9.17, 15) is 4.79 Å².